The molecule has 3 aromatic rings. The third-order valence-electron chi connectivity index (χ3n) is 4.91. The Morgan fingerprint density at radius 1 is 1.31 bits per heavy atom. The van der Waals surface area contributed by atoms with Gasteiger partial charge in [0.1, 0.15) is 23.2 Å². The van der Waals surface area contributed by atoms with Gasteiger partial charge in [0.2, 0.25) is 5.91 Å². The highest BCUT2D eigenvalue weighted by Crippen LogP contribution is 2.37. The smallest absolute Gasteiger partial charge is 0.230 e. The van der Waals surface area contributed by atoms with Crippen molar-refractivity contribution in [2.24, 2.45) is 13.0 Å². The number of amides is 1. The highest BCUT2D eigenvalue weighted by molar-refractivity contribution is 7.90. The first-order chi connectivity index (χ1) is 13.6. The third kappa shape index (κ3) is 3.82. The molecule has 2 atom stereocenters. The highest BCUT2D eigenvalue weighted by atomic mass is 32.2. The molecule has 1 heterocycles. The normalized spacial score (nSPS) is 18.6. The van der Waals surface area contributed by atoms with Gasteiger partial charge >= 0.3 is 0 Å². The number of aromatic nitrogens is 2. The summed E-state index contributed by atoms with van der Waals surface area (Å²) in [6, 6.07) is 8.03. The second-order valence-corrected chi connectivity index (χ2v) is 9.36. The average Bonchev–Trinajstić information content (AvgIpc) is 3.26. The van der Waals surface area contributed by atoms with Crippen molar-refractivity contribution in [1.82, 2.24) is 9.55 Å². The molecular formula is C20H20FN3O4S. The fraction of sp³-hybridized carbons (Fsp3) is 0.300. The minimum absolute atomic E-state index is 0.211. The summed E-state index contributed by atoms with van der Waals surface area (Å²) >= 11 is 0. The number of rotatable bonds is 5. The number of fused-ring (bicyclic) bond motifs is 1. The number of sulfone groups is 1. The zero-order valence-electron chi connectivity index (χ0n) is 16.1. The lowest BCUT2D eigenvalue weighted by Gasteiger charge is -2.13. The molecule has 0 radical (unpaired) electrons. The standard InChI is InChI=1S/C20H20FN3O4S/c1-11-6-13(29(3,26)27)4-5-18(11)28-12-7-16(23-20(25)14-9-15(14)21)19-17(8-12)24(2)10-22-19/h4-8,10,14-15H,9H2,1-3H3,(H,23,25)/t14-,15+/m0/s1. The Morgan fingerprint density at radius 3 is 2.66 bits per heavy atom. The number of nitrogens with zero attached hydrogens (tertiary/aromatic N) is 2. The van der Waals surface area contributed by atoms with E-state index in [-0.39, 0.29) is 17.2 Å². The molecule has 0 bridgehead atoms. The van der Waals surface area contributed by atoms with E-state index in [0.29, 0.717) is 28.3 Å². The largest absolute Gasteiger partial charge is 0.457 e. The van der Waals surface area contributed by atoms with E-state index in [9.17, 15) is 17.6 Å². The van der Waals surface area contributed by atoms with Crippen LogP contribution in [-0.2, 0) is 21.7 Å². The molecule has 0 unspecified atom stereocenters. The van der Waals surface area contributed by atoms with Crippen LogP contribution in [0.4, 0.5) is 10.1 Å². The fourth-order valence-electron chi connectivity index (χ4n) is 3.11. The summed E-state index contributed by atoms with van der Waals surface area (Å²) in [5, 5.41) is 2.75. The number of hydrogen-bond donors (Lipinski definition) is 1. The SMILES string of the molecule is Cc1cc(S(C)(=O)=O)ccc1Oc1cc(NC(=O)[C@H]2C[C@H]2F)c2ncn(C)c2c1. The molecule has 4 rings (SSSR count). The summed E-state index contributed by atoms with van der Waals surface area (Å²) < 4.78 is 44.4. The van der Waals surface area contributed by atoms with Gasteiger partial charge in [0.25, 0.3) is 0 Å². The Hall–Kier alpha value is -2.94. The number of halogens is 1. The number of alkyl halides is 1. The zero-order chi connectivity index (χ0) is 20.9. The van der Waals surface area contributed by atoms with Crippen molar-refractivity contribution < 1.29 is 22.3 Å². The van der Waals surface area contributed by atoms with E-state index in [2.05, 4.69) is 10.3 Å². The van der Waals surface area contributed by atoms with Crippen LogP contribution in [0.5, 0.6) is 11.5 Å². The van der Waals surface area contributed by atoms with Crippen molar-refractivity contribution in [2.45, 2.75) is 24.4 Å². The van der Waals surface area contributed by atoms with Gasteiger partial charge in [-0.25, -0.2) is 17.8 Å². The van der Waals surface area contributed by atoms with Crippen molar-refractivity contribution >= 4 is 32.5 Å². The van der Waals surface area contributed by atoms with Crippen molar-refractivity contribution in [2.75, 3.05) is 11.6 Å². The molecule has 1 saturated carbocycles. The topological polar surface area (TPSA) is 90.3 Å². The molecule has 1 aliphatic carbocycles. The Balaban J connectivity index is 1.69. The van der Waals surface area contributed by atoms with Crippen LogP contribution in [0.25, 0.3) is 11.0 Å². The van der Waals surface area contributed by atoms with Gasteiger partial charge < -0.3 is 14.6 Å². The van der Waals surface area contributed by atoms with Crippen LogP contribution in [-0.4, -0.2) is 36.3 Å². The van der Waals surface area contributed by atoms with Crippen molar-refractivity contribution in [3.8, 4) is 11.5 Å². The summed E-state index contributed by atoms with van der Waals surface area (Å²) in [6.07, 6.45) is 1.91. The molecule has 1 amide bonds. The number of nitrogens with one attached hydrogen (secondary N) is 1. The van der Waals surface area contributed by atoms with Gasteiger partial charge in [-0.15, -0.1) is 0 Å². The van der Waals surface area contributed by atoms with E-state index in [1.54, 1.807) is 42.1 Å². The maximum absolute atomic E-state index is 13.2. The van der Waals surface area contributed by atoms with Crippen molar-refractivity contribution in [3.05, 3.63) is 42.2 Å². The number of benzene rings is 2. The van der Waals surface area contributed by atoms with Gasteiger partial charge in [-0.05, 0) is 37.1 Å². The van der Waals surface area contributed by atoms with Gasteiger partial charge in [-0.1, -0.05) is 0 Å². The first kappa shape index (κ1) is 19.4. The lowest BCUT2D eigenvalue weighted by atomic mass is 10.2. The molecule has 152 valence electrons. The summed E-state index contributed by atoms with van der Waals surface area (Å²) in [4.78, 5) is 16.7. The maximum Gasteiger partial charge on any atom is 0.230 e. The van der Waals surface area contributed by atoms with Crippen LogP contribution in [0.2, 0.25) is 0 Å². The van der Waals surface area contributed by atoms with Crippen molar-refractivity contribution in [1.29, 1.82) is 0 Å². The Bertz CT molecular complexity index is 1240. The second kappa shape index (κ2) is 6.84. The summed E-state index contributed by atoms with van der Waals surface area (Å²) in [5.74, 6) is -0.0687. The molecule has 0 saturated heterocycles. The maximum atomic E-state index is 13.2. The van der Waals surface area contributed by atoms with Gasteiger partial charge in [0.15, 0.2) is 9.84 Å². The molecule has 1 N–H and O–H groups in total. The van der Waals surface area contributed by atoms with E-state index < -0.39 is 21.9 Å². The Labute approximate surface area is 167 Å². The van der Waals surface area contributed by atoms with Crippen molar-refractivity contribution in [3.63, 3.8) is 0 Å². The molecule has 1 fully saturated rings. The fourth-order valence-corrected chi connectivity index (χ4v) is 3.82. The predicted octanol–water partition coefficient (Wildman–Crippen LogP) is 3.37. The van der Waals surface area contributed by atoms with E-state index >= 15 is 0 Å². The predicted molar refractivity (Wildman–Crippen MR) is 107 cm³/mol. The first-order valence-electron chi connectivity index (χ1n) is 9.02. The molecule has 1 aliphatic rings. The number of ether oxygens (including phenoxy) is 1. The van der Waals surface area contributed by atoms with Gasteiger partial charge in [-0.2, -0.15) is 0 Å². The minimum atomic E-state index is -3.31. The quantitative estimate of drug-likeness (QED) is 0.687. The van der Waals surface area contributed by atoms with E-state index in [1.165, 1.54) is 6.07 Å². The first-order valence-corrected chi connectivity index (χ1v) is 10.9. The van der Waals surface area contributed by atoms with Crippen LogP contribution >= 0.6 is 0 Å². The lowest BCUT2D eigenvalue weighted by molar-refractivity contribution is -0.117. The molecule has 0 spiro atoms. The second-order valence-electron chi connectivity index (χ2n) is 7.34. The summed E-state index contributed by atoms with van der Waals surface area (Å²) in [6.45, 7) is 1.75. The van der Waals surface area contributed by atoms with Crippen LogP contribution in [0.3, 0.4) is 0 Å². The number of carbonyl (C=O) groups is 1. The molecular weight excluding hydrogens is 397 g/mol. The number of imidazole rings is 1. The summed E-state index contributed by atoms with van der Waals surface area (Å²) in [5.41, 5.74) is 2.40. The molecule has 2 aromatic carbocycles. The number of aryl methyl sites for hydroxylation is 2. The molecule has 29 heavy (non-hydrogen) atoms. The Kier molecular flexibility index (Phi) is 4.57. The van der Waals surface area contributed by atoms with Crippen LogP contribution in [0.1, 0.15) is 12.0 Å². The van der Waals surface area contributed by atoms with E-state index in [4.69, 9.17) is 4.74 Å². The monoisotopic (exact) mass is 417 g/mol. The highest BCUT2D eigenvalue weighted by Gasteiger charge is 2.43. The number of anilines is 1. The minimum Gasteiger partial charge on any atom is -0.457 e. The molecule has 9 heteroatoms. The van der Waals surface area contributed by atoms with Crippen LogP contribution in [0, 0.1) is 12.8 Å². The van der Waals surface area contributed by atoms with E-state index in [0.717, 1.165) is 11.8 Å². The lowest BCUT2D eigenvalue weighted by Crippen LogP contribution is -2.15. The van der Waals surface area contributed by atoms with Gasteiger partial charge in [0, 0.05) is 25.4 Å². The third-order valence-corrected chi connectivity index (χ3v) is 6.02. The average molecular weight is 417 g/mol. The zero-order valence-corrected chi connectivity index (χ0v) is 17.0. The van der Waals surface area contributed by atoms with E-state index in [1.807, 2.05) is 7.05 Å². The molecule has 7 nitrogen and oxygen atoms in total. The summed E-state index contributed by atoms with van der Waals surface area (Å²) in [7, 11) is -1.50. The Morgan fingerprint density at radius 2 is 2.03 bits per heavy atom. The van der Waals surface area contributed by atoms with Crippen LogP contribution in [0.15, 0.2) is 41.6 Å². The molecule has 0 aliphatic heterocycles. The van der Waals surface area contributed by atoms with Gasteiger partial charge in [-0.3, -0.25) is 4.79 Å². The molecule has 1 aromatic heterocycles. The number of hydrogen-bond acceptors (Lipinski definition) is 5. The number of carbonyl (C=O) groups excluding carboxylic acids is 1. The van der Waals surface area contributed by atoms with Crippen LogP contribution < -0.4 is 10.1 Å². The van der Waals surface area contributed by atoms with Gasteiger partial charge in [0.05, 0.1) is 28.3 Å².